The minimum Gasteiger partial charge on any atom is -0.489 e. The van der Waals surface area contributed by atoms with Crippen molar-refractivity contribution in [1.29, 1.82) is 0 Å². The summed E-state index contributed by atoms with van der Waals surface area (Å²) in [7, 11) is 0. The van der Waals surface area contributed by atoms with Gasteiger partial charge in [0, 0.05) is 13.3 Å². The van der Waals surface area contributed by atoms with Gasteiger partial charge in [-0.3, -0.25) is 14.4 Å². The van der Waals surface area contributed by atoms with Crippen LogP contribution in [0.2, 0.25) is 0 Å². The predicted molar refractivity (Wildman–Crippen MR) is 122 cm³/mol. The average Bonchev–Trinajstić information content (AvgIpc) is 2.78. The number of benzene rings is 3. The molecule has 0 saturated carbocycles. The van der Waals surface area contributed by atoms with Crippen molar-refractivity contribution < 1.29 is 19.1 Å². The Kier molecular flexibility index (Phi) is 7.59. The summed E-state index contributed by atoms with van der Waals surface area (Å²) in [5.74, 6) is -0.818. The lowest BCUT2D eigenvalue weighted by molar-refractivity contribution is -0.119. The zero-order chi connectivity index (χ0) is 22.9. The molecule has 0 fully saturated rings. The average molecular weight is 431 g/mol. The van der Waals surface area contributed by atoms with Crippen LogP contribution in [0.1, 0.15) is 28.4 Å². The first-order valence-corrected chi connectivity index (χ1v) is 10.1. The molecule has 1 atom stereocenters. The van der Waals surface area contributed by atoms with E-state index in [-0.39, 0.29) is 17.9 Å². The monoisotopic (exact) mass is 431 g/mol. The van der Waals surface area contributed by atoms with Gasteiger partial charge in [0.05, 0.1) is 11.3 Å². The molecule has 3 aromatic carbocycles. The standard InChI is InChI=1S/C25H25N3O4/c1-17(29)27-22-13-6-5-12-21(22)25(31)28-23(24(26)30)15-19-10-7-11-20(14-19)32-16-18-8-3-2-4-9-18/h2-14,23H,15-16H2,1H3,(H2,26,30)(H,27,29)(H,28,31)/t23-/m1/s1. The van der Waals surface area contributed by atoms with E-state index in [0.717, 1.165) is 11.1 Å². The summed E-state index contributed by atoms with van der Waals surface area (Å²) < 4.78 is 5.83. The van der Waals surface area contributed by atoms with Crippen molar-refractivity contribution in [3.63, 3.8) is 0 Å². The van der Waals surface area contributed by atoms with Crippen LogP contribution in [0, 0.1) is 0 Å². The smallest absolute Gasteiger partial charge is 0.254 e. The number of carbonyl (C=O) groups excluding carboxylic acids is 3. The fourth-order valence-electron chi connectivity index (χ4n) is 3.18. The lowest BCUT2D eigenvalue weighted by Gasteiger charge is -2.17. The summed E-state index contributed by atoms with van der Waals surface area (Å²) in [4.78, 5) is 36.2. The topological polar surface area (TPSA) is 111 Å². The van der Waals surface area contributed by atoms with E-state index in [4.69, 9.17) is 10.5 Å². The van der Waals surface area contributed by atoms with Crippen LogP contribution in [0.3, 0.4) is 0 Å². The van der Waals surface area contributed by atoms with Gasteiger partial charge in [0.25, 0.3) is 5.91 Å². The first-order valence-electron chi connectivity index (χ1n) is 10.1. The number of nitrogens with one attached hydrogen (secondary N) is 2. The molecule has 0 radical (unpaired) electrons. The second-order valence-electron chi connectivity index (χ2n) is 7.28. The van der Waals surface area contributed by atoms with Gasteiger partial charge < -0.3 is 21.1 Å². The van der Waals surface area contributed by atoms with Gasteiger partial charge in [0.1, 0.15) is 18.4 Å². The second-order valence-corrected chi connectivity index (χ2v) is 7.28. The van der Waals surface area contributed by atoms with Gasteiger partial charge in [0.15, 0.2) is 0 Å². The summed E-state index contributed by atoms with van der Waals surface area (Å²) in [6.45, 7) is 1.77. The molecule has 7 nitrogen and oxygen atoms in total. The number of amides is 3. The molecule has 3 amide bonds. The minimum absolute atomic E-state index is 0.200. The first-order chi connectivity index (χ1) is 15.4. The van der Waals surface area contributed by atoms with Gasteiger partial charge in [-0.05, 0) is 35.4 Å². The fourth-order valence-corrected chi connectivity index (χ4v) is 3.18. The Hall–Kier alpha value is -4.13. The highest BCUT2D eigenvalue weighted by Gasteiger charge is 2.21. The summed E-state index contributed by atoms with van der Waals surface area (Å²) >= 11 is 0. The summed E-state index contributed by atoms with van der Waals surface area (Å²) in [5.41, 5.74) is 7.98. The van der Waals surface area contributed by atoms with Crippen LogP contribution in [0.5, 0.6) is 5.75 Å². The van der Waals surface area contributed by atoms with Crippen molar-refractivity contribution in [3.8, 4) is 5.75 Å². The summed E-state index contributed by atoms with van der Waals surface area (Å²) in [6.07, 6.45) is 0.200. The van der Waals surface area contributed by atoms with Crippen LogP contribution in [0.15, 0.2) is 78.9 Å². The quantitative estimate of drug-likeness (QED) is 0.484. The largest absolute Gasteiger partial charge is 0.489 e. The van der Waals surface area contributed by atoms with Crippen LogP contribution in [0.4, 0.5) is 5.69 Å². The molecule has 7 heteroatoms. The van der Waals surface area contributed by atoms with Gasteiger partial charge >= 0.3 is 0 Å². The Bertz CT molecular complexity index is 1100. The molecule has 164 valence electrons. The highest BCUT2D eigenvalue weighted by molar-refractivity contribution is 6.04. The molecular formula is C25H25N3O4. The normalized spacial score (nSPS) is 11.3. The molecule has 0 heterocycles. The molecule has 32 heavy (non-hydrogen) atoms. The lowest BCUT2D eigenvalue weighted by atomic mass is 10.0. The number of carbonyl (C=O) groups is 3. The van der Waals surface area contributed by atoms with Crippen LogP contribution >= 0.6 is 0 Å². The van der Waals surface area contributed by atoms with Crippen molar-refractivity contribution in [2.45, 2.75) is 26.0 Å². The third kappa shape index (κ3) is 6.43. The molecule has 0 aromatic heterocycles. The third-order valence-electron chi connectivity index (χ3n) is 4.72. The molecule has 0 bridgehead atoms. The third-order valence-corrected chi connectivity index (χ3v) is 4.72. The molecule has 0 unspecified atom stereocenters. The maximum absolute atomic E-state index is 12.8. The van der Waals surface area contributed by atoms with Gasteiger partial charge in [-0.2, -0.15) is 0 Å². The van der Waals surface area contributed by atoms with E-state index in [1.807, 2.05) is 54.6 Å². The Morgan fingerprint density at radius 1 is 0.906 bits per heavy atom. The summed E-state index contributed by atoms with van der Waals surface area (Å²) in [5, 5.41) is 5.28. The predicted octanol–water partition coefficient (Wildman–Crippen LogP) is 3.05. The van der Waals surface area contributed by atoms with Gasteiger partial charge in [-0.15, -0.1) is 0 Å². The first kappa shape index (κ1) is 22.6. The number of rotatable bonds is 9. The van der Waals surface area contributed by atoms with E-state index in [1.54, 1.807) is 24.3 Å². The second kappa shape index (κ2) is 10.8. The number of hydrogen-bond acceptors (Lipinski definition) is 4. The Balaban J connectivity index is 1.69. The SMILES string of the molecule is CC(=O)Nc1ccccc1C(=O)N[C@H](Cc1cccc(OCc2ccccc2)c1)C(N)=O. The zero-order valence-electron chi connectivity index (χ0n) is 17.7. The van der Waals surface area contributed by atoms with E-state index in [2.05, 4.69) is 10.6 Å². The Labute approximate surface area is 186 Å². The van der Waals surface area contributed by atoms with Crippen LogP contribution < -0.4 is 21.1 Å². The van der Waals surface area contributed by atoms with Gasteiger partial charge in [-0.25, -0.2) is 0 Å². The Morgan fingerprint density at radius 3 is 2.31 bits per heavy atom. The maximum atomic E-state index is 12.8. The van der Waals surface area contributed by atoms with Crippen LogP contribution in [-0.4, -0.2) is 23.8 Å². The molecule has 0 aliphatic rings. The van der Waals surface area contributed by atoms with Crippen molar-refractivity contribution in [2.24, 2.45) is 5.73 Å². The number of primary amides is 1. The molecule has 3 aromatic rings. The molecule has 0 spiro atoms. The van der Waals surface area contributed by atoms with E-state index in [9.17, 15) is 14.4 Å². The van der Waals surface area contributed by atoms with Crippen molar-refractivity contribution >= 4 is 23.4 Å². The fraction of sp³-hybridized carbons (Fsp3) is 0.160. The van der Waals surface area contributed by atoms with Crippen LogP contribution in [-0.2, 0) is 22.6 Å². The highest BCUT2D eigenvalue weighted by Crippen LogP contribution is 2.18. The highest BCUT2D eigenvalue weighted by atomic mass is 16.5. The Morgan fingerprint density at radius 2 is 1.59 bits per heavy atom. The molecule has 3 rings (SSSR count). The summed E-state index contributed by atoms with van der Waals surface area (Å²) in [6, 6.07) is 22.7. The van der Waals surface area contributed by atoms with E-state index < -0.39 is 17.9 Å². The number of ether oxygens (including phenoxy) is 1. The molecule has 0 aliphatic heterocycles. The minimum atomic E-state index is -0.933. The molecule has 0 aliphatic carbocycles. The van der Waals surface area contributed by atoms with Crippen LogP contribution in [0.25, 0.3) is 0 Å². The van der Waals surface area contributed by atoms with E-state index in [0.29, 0.717) is 18.0 Å². The van der Waals surface area contributed by atoms with Crippen molar-refractivity contribution in [3.05, 3.63) is 95.6 Å². The number of para-hydroxylation sites is 1. The van der Waals surface area contributed by atoms with Crippen molar-refractivity contribution in [1.82, 2.24) is 5.32 Å². The van der Waals surface area contributed by atoms with Gasteiger partial charge in [0.2, 0.25) is 11.8 Å². The van der Waals surface area contributed by atoms with Crippen molar-refractivity contribution in [2.75, 3.05) is 5.32 Å². The molecule has 4 N–H and O–H groups in total. The van der Waals surface area contributed by atoms with E-state index >= 15 is 0 Å². The molecular weight excluding hydrogens is 406 g/mol. The lowest BCUT2D eigenvalue weighted by Crippen LogP contribution is -2.46. The molecule has 0 saturated heterocycles. The zero-order valence-corrected chi connectivity index (χ0v) is 17.7. The van der Waals surface area contributed by atoms with Gasteiger partial charge in [-0.1, -0.05) is 54.6 Å². The maximum Gasteiger partial charge on any atom is 0.254 e. The number of hydrogen-bond donors (Lipinski definition) is 3. The number of anilines is 1. The number of nitrogens with two attached hydrogens (primary N) is 1. The van der Waals surface area contributed by atoms with E-state index in [1.165, 1.54) is 6.92 Å².